The van der Waals surface area contributed by atoms with Gasteiger partial charge in [-0.05, 0) is 36.2 Å². The van der Waals surface area contributed by atoms with E-state index in [0.717, 1.165) is 5.56 Å². The van der Waals surface area contributed by atoms with Gasteiger partial charge in [0.25, 0.3) is 0 Å². The predicted octanol–water partition coefficient (Wildman–Crippen LogP) is 4.55. The zero-order chi connectivity index (χ0) is 19.4. The van der Waals surface area contributed by atoms with Gasteiger partial charge in [0.2, 0.25) is 5.82 Å². The molecule has 2 heterocycles. The molecule has 0 fully saturated rings. The monoisotopic (exact) mass is 395 g/mol. The van der Waals surface area contributed by atoms with Crippen molar-refractivity contribution in [2.45, 2.75) is 25.4 Å². The number of alkyl halides is 3. The van der Waals surface area contributed by atoms with Crippen molar-refractivity contribution in [1.29, 1.82) is 0 Å². The number of benzene rings is 1. The average molecular weight is 396 g/mol. The van der Waals surface area contributed by atoms with Crippen LogP contribution < -0.4 is 0 Å². The highest BCUT2D eigenvalue weighted by molar-refractivity contribution is 6.30. The fourth-order valence-corrected chi connectivity index (χ4v) is 2.47. The maximum atomic E-state index is 12.5. The third kappa shape index (κ3) is 5.13. The number of ketones is 1. The number of hydrogen-bond acceptors (Lipinski definition) is 5. The Hall–Kier alpha value is -2.74. The number of Topliss-reactive ketones (excluding diaryl/α,β-unsaturated/α-hetero) is 1. The first-order valence-corrected chi connectivity index (χ1v) is 8.31. The van der Waals surface area contributed by atoms with Gasteiger partial charge in [-0.15, -0.1) is 0 Å². The largest absolute Gasteiger partial charge is 0.471 e. The summed E-state index contributed by atoms with van der Waals surface area (Å²) in [5, 5.41) is 3.91. The summed E-state index contributed by atoms with van der Waals surface area (Å²) in [6.45, 7) is 0. The highest BCUT2D eigenvalue weighted by Crippen LogP contribution is 2.29. The molecule has 9 heteroatoms. The number of nitrogens with zero attached hydrogens (tertiary/aromatic N) is 3. The molecule has 3 aromatic rings. The molecule has 0 amide bonds. The zero-order valence-electron chi connectivity index (χ0n) is 13.8. The molecule has 27 heavy (non-hydrogen) atoms. The minimum Gasteiger partial charge on any atom is -0.329 e. The van der Waals surface area contributed by atoms with Crippen molar-refractivity contribution in [2.75, 3.05) is 0 Å². The van der Waals surface area contributed by atoms with Crippen LogP contribution in [0.25, 0.3) is 11.4 Å². The lowest BCUT2D eigenvalue weighted by Gasteiger charge is -2.03. The zero-order valence-corrected chi connectivity index (χ0v) is 14.6. The molecule has 5 nitrogen and oxygen atoms in total. The molecule has 1 aromatic carbocycles. The van der Waals surface area contributed by atoms with Crippen LogP contribution in [0, 0.1) is 0 Å². The molecule has 0 radical (unpaired) electrons. The molecule has 0 saturated carbocycles. The molecule has 0 atom stereocenters. The number of aromatic nitrogens is 3. The molecule has 0 bridgehead atoms. The lowest BCUT2D eigenvalue weighted by Crippen LogP contribution is -2.05. The van der Waals surface area contributed by atoms with Crippen LogP contribution in [0.1, 0.15) is 23.6 Å². The Morgan fingerprint density at radius 1 is 1.11 bits per heavy atom. The Labute approximate surface area is 157 Å². The van der Waals surface area contributed by atoms with Crippen molar-refractivity contribution in [1.82, 2.24) is 15.1 Å². The van der Waals surface area contributed by atoms with Crippen LogP contribution in [0.3, 0.4) is 0 Å². The van der Waals surface area contributed by atoms with Gasteiger partial charge in [-0.1, -0.05) is 28.9 Å². The van der Waals surface area contributed by atoms with Crippen LogP contribution in [-0.4, -0.2) is 20.9 Å². The normalized spacial score (nSPS) is 11.6. The molecule has 0 N–H and O–H groups in total. The number of pyridine rings is 1. The summed E-state index contributed by atoms with van der Waals surface area (Å²) in [6.07, 6.45) is -2.31. The first kappa shape index (κ1) is 19.0. The number of hydrogen-bond donors (Lipinski definition) is 0. The lowest BCUT2D eigenvalue weighted by molar-refractivity contribution is -0.159. The Balaban J connectivity index is 1.56. The standard InChI is InChI=1S/C18H13ClF3N3O2/c19-13-4-1-11(2-5-13)9-15(26)8-7-14-6-3-12(10-23-14)16-24-17(27-25-16)18(20,21)22/h1-6,10H,7-9H2. The molecular formula is C18H13ClF3N3O2. The first-order valence-electron chi connectivity index (χ1n) is 7.93. The van der Waals surface area contributed by atoms with Crippen molar-refractivity contribution in [3.63, 3.8) is 0 Å². The minimum absolute atomic E-state index is 0.0520. The van der Waals surface area contributed by atoms with Gasteiger partial charge >= 0.3 is 12.1 Å². The molecule has 0 spiro atoms. The Morgan fingerprint density at radius 2 is 1.85 bits per heavy atom. The van der Waals surface area contributed by atoms with Crippen molar-refractivity contribution in [3.05, 3.63) is 64.8 Å². The number of carbonyl (C=O) groups is 1. The molecule has 0 aliphatic heterocycles. The maximum Gasteiger partial charge on any atom is 0.471 e. The molecule has 0 aliphatic carbocycles. The Bertz CT molecular complexity index is 922. The van der Waals surface area contributed by atoms with Crippen LogP contribution in [0.2, 0.25) is 5.02 Å². The van der Waals surface area contributed by atoms with Crippen molar-refractivity contribution < 1.29 is 22.5 Å². The van der Waals surface area contributed by atoms with Crippen LogP contribution in [0.5, 0.6) is 0 Å². The second kappa shape index (κ2) is 7.87. The highest BCUT2D eigenvalue weighted by atomic mass is 35.5. The van der Waals surface area contributed by atoms with Gasteiger partial charge in [-0.3, -0.25) is 9.78 Å². The Morgan fingerprint density at radius 3 is 2.44 bits per heavy atom. The van der Waals surface area contributed by atoms with Crippen molar-refractivity contribution in [2.24, 2.45) is 0 Å². The SMILES string of the molecule is O=C(CCc1ccc(-c2noc(C(F)(F)F)n2)cn1)Cc1ccc(Cl)cc1. The number of rotatable bonds is 6. The molecule has 2 aromatic heterocycles. The average Bonchev–Trinajstić information content (AvgIpc) is 3.13. The van der Waals surface area contributed by atoms with E-state index >= 15 is 0 Å². The van der Waals surface area contributed by atoms with Gasteiger partial charge in [-0.2, -0.15) is 18.2 Å². The third-order valence-electron chi connectivity index (χ3n) is 3.73. The quantitative estimate of drug-likeness (QED) is 0.612. The van der Waals surface area contributed by atoms with E-state index in [-0.39, 0.29) is 11.6 Å². The summed E-state index contributed by atoms with van der Waals surface area (Å²) in [5.74, 6) is -1.55. The van der Waals surface area contributed by atoms with Crippen LogP contribution in [0.15, 0.2) is 47.1 Å². The van der Waals surface area contributed by atoms with Crippen molar-refractivity contribution >= 4 is 17.4 Å². The van der Waals surface area contributed by atoms with Gasteiger partial charge in [0, 0.05) is 35.3 Å². The van der Waals surface area contributed by atoms with Gasteiger partial charge < -0.3 is 4.52 Å². The first-order chi connectivity index (χ1) is 12.8. The molecule has 0 saturated heterocycles. The molecule has 140 valence electrons. The third-order valence-corrected chi connectivity index (χ3v) is 3.98. The summed E-state index contributed by atoms with van der Waals surface area (Å²) in [7, 11) is 0. The van der Waals surface area contributed by atoms with Gasteiger partial charge in [-0.25, -0.2) is 0 Å². The summed E-state index contributed by atoms with van der Waals surface area (Å²) in [4.78, 5) is 19.5. The summed E-state index contributed by atoms with van der Waals surface area (Å²) in [5.41, 5.74) is 1.82. The highest BCUT2D eigenvalue weighted by Gasteiger charge is 2.38. The lowest BCUT2D eigenvalue weighted by atomic mass is 10.0. The van der Waals surface area contributed by atoms with Gasteiger partial charge in [0.05, 0.1) is 0 Å². The summed E-state index contributed by atoms with van der Waals surface area (Å²) in [6, 6.07) is 10.2. The minimum atomic E-state index is -4.69. The Kier molecular flexibility index (Phi) is 5.55. The smallest absolute Gasteiger partial charge is 0.329 e. The fourth-order valence-electron chi connectivity index (χ4n) is 2.35. The van der Waals surface area contributed by atoms with Gasteiger partial charge in [0.15, 0.2) is 0 Å². The predicted molar refractivity (Wildman–Crippen MR) is 91.0 cm³/mol. The summed E-state index contributed by atoms with van der Waals surface area (Å²) < 4.78 is 41.6. The fraction of sp³-hybridized carbons (Fsp3) is 0.222. The van der Waals surface area contributed by atoms with E-state index in [1.165, 1.54) is 12.3 Å². The van der Waals surface area contributed by atoms with E-state index < -0.39 is 12.1 Å². The van der Waals surface area contributed by atoms with E-state index in [1.54, 1.807) is 30.3 Å². The maximum absolute atomic E-state index is 12.5. The van der Waals surface area contributed by atoms with E-state index in [0.29, 0.717) is 35.5 Å². The van der Waals surface area contributed by atoms with E-state index in [2.05, 4.69) is 19.6 Å². The number of halogens is 4. The number of carbonyl (C=O) groups excluding carboxylic acids is 1. The molecule has 3 rings (SSSR count). The second-order valence-electron chi connectivity index (χ2n) is 5.80. The van der Waals surface area contributed by atoms with Crippen molar-refractivity contribution in [3.8, 4) is 11.4 Å². The van der Waals surface area contributed by atoms with E-state index in [9.17, 15) is 18.0 Å². The van der Waals surface area contributed by atoms with E-state index in [1.807, 2.05) is 0 Å². The van der Waals surface area contributed by atoms with Crippen LogP contribution in [-0.2, 0) is 23.8 Å². The second-order valence-corrected chi connectivity index (χ2v) is 6.24. The van der Waals surface area contributed by atoms with Gasteiger partial charge in [0.1, 0.15) is 5.78 Å². The van der Waals surface area contributed by atoms with Crippen LogP contribution >= 0.6 is 11.6 Å². The summed E-state index contributed by atoms with van der Waals surface area (Å²) >= 11 is 5.81. The van der Waals surface area contributed by atoms with Crippen LogP contribution in [0.4, 0.5) is 13.2 Å². The molecular weight excluding hydrogens is 383 g/mol. The van der Waals surface area contributed by atoms with E-state index in [4.69, 9.17) is 11.6 Å². The molecule has 0 unspecified atom stereocenters. The number of aryl methyl sites for hydroxylation is 1. The molecule has 0 aliphatic rings. The topological polar surface area (TPSA) is 68.9 Å².